The van der Waals surface area contributed by atoms with Crippen molar-refractivity contribution in [2.24, 2.45) is 5.73 Å². The summed E-state index contributed by atoms with van der Waals surface area (Å²) in [7, 11) is 0. The summed E-state index contributed by atoms with van der Waals surface area (Å²) in [6.07, 6.45) is 1.45. The average Bonchev–Trinajstić information content (AvgIpc) is 2.58. The molecule has 0 saturated heterocycles. The van der Waals surface area contributed by atoms with Crippen molar-refractivity contribution in [2.45, 2.75) is 25.3 Å². The van der Waals surface area contributed by atoms with E-state index in [9.17, 15) is 4.79 Å². The summed E-state index contributed by atoms with van der Waals surface area (Å²) in [5, 5.41) is 0. The molecule has 2 rings (SSSR count). The van der Waals surface area contributed by atoms with Gasteiger partial charge in [0.2, 0.25) is 0 Å². The van der Waals surface area contributed by atoms with Gasteiger partial charge in [0.05, 0.1) is 6.61 Å². The summed E-state index contributed by atoms with van der Waals surface area (Å²) < 4.78 is 6.05. The number of esters is 1. The Balaban J connectivity index is 0.00000144. The van der Waals surface area contributed by atoms with Crippen LogP contribution < -0.4 is 5.73 Å². The van der Waals surface area contributed by atoms with Crippen molar-refractivity contribution in [2.75, 3.05) is 6.61 Å². The lowest BCUT2D eigenvalue weighted by Crippen LogP contribution is -2.44. The summed E-state index contributed by atoms with van der Waals surface area (Å²) in [5.74, 6) is -0.323. The Labute approximate surface area is 115 Å². The fourth-order valence-electron chi connectivity index (χ4n) is 2.14. The van der Waals surface area contributed by atoms with Gasteiger partial charge in [0.1, 0.15) is 5.54 Å². The van der Waals surface area contributed by atoms with Gasteiger partial charge in [-0.25, -0.2) is 4.79 Å². The third-order valence-electron chi connectivity index (χ3n) is 2.98. The van der Waals surface area contributed by atoms with Crippen LogP contribution in [0, 0.1) is 0 Å². The molecule has 17 heavy (non-hydrogen) atoms. The summed E-state index contributed by atoms with van der Waals surface area (Å²) >= 11 is 3.41. The fourth-order valence-corrected chi connectivity index (χ4v) is 2.55. The third-order valence-corrected chi connectivity index (χ3v) is 3.47. The second kappa shape index (κ2) is 5.38. The summed E-state index contributed by atoms with van der Waals surface area (Å²) in [5.41, 5.74) is 7.24. The highest BCUT2D eigenvalue weighted by atomic mass is 79.9. The molecule has 0 bridgehead atoms. The number of ether oxygens (including phenoxy) is 1. The molecule has 1 aromatic rings. The molecule has 2 N–H and O–H groups in total. The molecular weight excluding hydrogens is 305 g/mol. The second-order valence-electron chi connectivity index (χ2n) is 3.99. The number of aryl methyl sites for hydroxylation is 1. The van der Waals surface area contributed by atoms with Crippen LogP contribution in [0.25, 0.3) is 0 Å². The molecule has 5 heteroatoms. The molecule has 1 atom stereocenters. The maximum absolute atomic E-state index is 11.9. The number of nitrogens with two attached hydrogens (primary N) is 1. The Morgan fingerprint density at radius 1 is 1.59 bits per heavy atom. The highest BCUT2D eigenvalue weighted by Gasteiger charge is 2.43. The van der Waals surface area contributed by atoms with Crippen LogP contribution in [0.15, 0.2) is 22.7 Å². The number of halogens is 2. The Bertz CT molecular complexity index is 439. The highest BCUT2D eigenvalue weighted by Crippen LogP contribution is 2.37. The number of rotatable bonds is 2. The van der Waals surface area contributed by atoms with Crippen molar-refractivity contribution >= 4 is 34.3 Å². The molecule has 0 aromatic heterocycles. The summed E-state index contributed by atoms with van der Waals surface area (Å²) in [6, 6.07) is 5.83. The van der Waals surface area contributed by atoms with E-state index >= 15 is 0 Å². The van der Waals surface area contributed by atoms with Crippen LogP contribution in [0.2, 0.25) is 0 Å². The number of hydrogen-bond acceptors (Lipinski definition) is 3. The topological polar surface area (TPSA) is 52.3 Å². The number of hydrogen-bond donors (Lipinski definition) is 1. The Kier molecular flexibility index (Phi) is 4.58. The lowest BCUT2D eigenvalue weighted by Gasteiger charge is -2.22. The van der Waals surface area contributed by atoms with Crippen LogP contribution in [0.3, 0.4) is 0 Å². The summed E-state index contributed by atoms with van der Waals surface area (Å²) in [4.78, 5) is 11.9. The normalized spacial score (nSPS) is 21.6. The third kappa shape index (κ3) is 2.49. The van der Waals surface area contributed by atoms with E-state index < -0.39 is 5.54 Å². The van der Waals surface area contributed by atoms with Crippen LogP contribution >= 0.6 is 28.3 Å². The largest absolute Gasteiger partial charge is 0.464 e. The predicted octanol–water partition coefficient (Wildman–Crippen LogP) is 2.53. The van der Waals surface area contributed by atoms with E-state index in [1.807, 2.05) is 18.2 Å². The number of carbonyl (C=O) groups is 1. The molecule has 0 fully saturated rings. The molecule has 1 aliphatic rings. The minimum atomic E-state index is -0.952. The molecular formula is C12H15BrClNO2. The van der Waals surface area contributed by atoms with Gasteiger partial charge < -0.3 is 10.5 Å². The SMILES string of the molecule is CCOC(=O)C1(N)CCc2cc(Br)ccc21.Cl. The molecule has 0 aliphatic heterocycles. The Hall–Kier alpha value is -0.580. The van der Waals surface area contributed by atoms with Crippen LogP contribution in [-0.4, -0.2) is 12.6 Å². The number of carbonyl (C=O) groups excluding carboxylic acids is 1. The van der Waals surface area contributed by atoms with E-state index in [1.165, 1.54) is 0 Å². The van der Waals surface area contributed by atoms with Crippen molar-refractivity contribution in [1.29, 1.82) is 0 Å². The van der Waals surface area contributed by atoms with Gasteiger partial charge in [0, 0.05) is 4.47 Å². The van der Waals surface area contributed by atoms with Gasteiger partial charge in [0.15, 0.2) is 0 Å². The van der Waals surface area contributed by atoms with E-state index in [0.29, 0.717) is 13.0 Å². The fraction of sp³-hybridized carbons (Fsp3) is 0.417. The van der Waals surface area contributed by atoms with Crippen molar-refractivity contribution in [1.82, 2.24) is 0 Å². The molecule has 1 unspecified atom stereocenters. The Morgan fingerprint density at radius 2 is 2.29 bits per heavy atom. The molecule has 0 spiro atoms. The van der Waals surface area contributed by atoms with E-state index in [1.54, 1.807) is 6.92 Å². The van der Waals surface area contributed by atoms with Crippen LogP contribution in [0.1, 0.15) is 24.5 Å². The van der Waals surface area contributed by atoms with Crippen molar-refractivity contribution in [3.8, 4) is 0 Å². The van der Waals surface area contributed by atoms with Crippen LogP contribution in [0.5, 0.6) is 0 Å². The first kappa shape index (κ1) is 14.5. The van der Waals surface area contributed by atoms with Gasteiger partial charge in [0.25, 0.3) is 0 Å². The minimum absolute atomic E-state index is 0. The standard InChI is InChI=1S/C12H14BrNO2.ClH/c1-2-16-11(15)12(14)6-5-8-7-9(13)3-4-10(8)12;/h3-4,7H,2,5-6,14H2,1H3;1H. The molecule has 1 aliphatic carbocycles. The predicted molar refractivity (Wildman–Crippen MR) is 72.2 cm³/mol. The first-order valence-electron chi connectivity index (χ1n) is 5.33. The van der Waals surface area contributed by atoms with E-state index in [0.717, 1.165) is 22.0 Å². The van der Waals surface area contributed by atoms with Crippen LogP contribution in [0.4, 0.5) is 0 Å². The Morgan fingerprint density at radius 3 is 2.94 bits per heavy atom. The van der Waals surface area contributed by atoms with E-state index in [4.69, 9.17) is 10.5 Å². The highest BCUT2D eigenvalue weighted by molar-refractivity contribution is 9.10. The first-order chi connectivity index (χ1) is 7.58. The minimum Gasteiger partial charge on any atom is -0.464 e. The molecule has 94 valence electrons. The monoisotopic (exact) mass is 319 g/mol. The van der Waals surface area contributed by atoms with Gasteiger partial charge in [-0.15, -0.1) is 12.4 Å². The average molecular weight is 321 g/mol. The van der Waals surface area contributed by atoms with E-state index in [2.05, 4.69) is 15.9 Å². The maximum Gasteiger partial charge on any atom is 0.330 e. The van der Waals surface area contributed by atoms with Gasteiger partial charge in [-0.3, -0.25) is 0 Å². The quantitative estimate of drug-likeness (QED) is 0.852. The molecule has 0 radical (unpaired) electrons. The van der Waals surface area contributed by atoms with Gasteiger partial charge in [-0.1, -0.05) is 22.0 Å². The van der Waals surface area contributed by atoms with Gasteiger partial charge >= 0.3 is 5.97 Å². The molecule has 0 heterocycles. The zero-order chi connectivity index (χ0) is 11.8. The van der Waals surface area contributed by atoms with Gasteiger partial charge in [-0.2, -0.15) is 0 Å². The second-order valence-corrected chi connectivity index (χ2v) is 4.91. The lowest BCUT2D eigenvalue weighted by molar-refractivity contribution is -0.150. The first-order valence-corrected chi connectivity index (χ1v) is 6.12. The van der Waals surface area contributed by atoms with Crippen LogP contribution in [-0.2, 0) is 21.5 Å². The van der Waals surface area contributed by atoms with Crippen molar-refractivity contribution in [3.63, 3.8) is 0 Å². The zero-order valence-electron chi connectivity index (χ0n) is 9.53. The number of benzene rings is 1. The zero-order valence-corrected chi connectivity index (χ0v) is 11.9. The maximum atomic E-state index is 11.9. The lowest BCUT2D eigenvalue weighted by atomic mass is 9.93. The molecule has 0 saturated carbocycles. The molecule has 1 aromatic carbocycles. The smallest absolute Gasteiger partial charge is 0.330 e. The summed E-state index contributed by atoms with van der Waals surface area (Å²) in [6.45, 7) is 2.16. The van der Waals surface area contributed by atoms with Crippen molar-refractivity contribution in [3.05, 3.63) is 33.8 Å². The molecule has 0 amide bonds. The number of fused-ring (bicyclic) bond motifs is 1. The van der Waals surface area contributed by atoms with Gasteiger partial charge in [-0.05, 0) is 43.0 Å². The van der Waals surface area contributed by atoms with E-state index in [-0.39, 0.29) is 18.4 Å². The van der Waals surface area contributed by atoms with Crippen molar-refractivity contribution < 1.29 is 9.53 Å². The molecule has 3 nitrogen and oxygen atoms in total.